The molecule has 1 N–H and O–H groups in total. The molecule has 1 atom stereocenters. The number of rotatable bonds is 7. The average molecular weight is 431 g/mol. The Hall–Kier alpha value is -0.160. The predicted molar refractivity (Wildman–Crippen MR) is 100 cm³/mol. The fourth-order valence-electron chi connectivity index (χ4n) is 2.39. The van der Waals surface area contributed by atoms with Gasteiger partial charge in [0.25, 0.3) is 0 Å². The van der Waals surface area contributed by atoms with E-state index in [1.807, 2.05) is 0 Å². The van der Waals surface area contributed by atoms with E-state index in [-0.39, 0.29) is 6.04 Å². The van der Waals surface area contributed by atoms with Crippen LogP contribution in [-0.4, -0.2) is 6.54 Å². The van der Waals surface area contributed by atoms with E-state index in [9.17, 15) is 0 Å². The summed E-state index contributed by atoms with van der Waals surface area (Å²) in [6, 6.07) is 11.5. The first-order valence-electron chi connectivity index (χ1n) is 7.42. The first kappa shape index (κ1) is 17.2. The Labute approximate surface area is 148 Å². The number of nitrogens with one attached hydrogen (secondary N) is 1. The molecule has 0 radical (unpaired) electrons. The van der Waals surface area contributed by atoms with Crippen LogP contribution in [0.2, 0.25) is 0 Å². The van der Waals surface area contributed by atoms with Gasteiger partial charge in [0.05, 0.1) is 9.83 Å². The number of benzene rings is 1. The van der Waals surface area contributed by atoms with Gasteiger partial charge in [0.2, 0.25) is 0 Å². The Kier molecular flexibility index (Phi) is 6.93. The van der Waals surface area contributed by atoms with Gasteiger partial charge in [0.15, 0.2) is 0 Å². The van der Waals surface area contributed by atoms with Crippen molar-refractivity contribution in [3.63, 3.8) is 0 Å². The molecule has 114 valence electrons. The predicted octanol–water partition coefficient (Wildman–Crippen LogP) is 6.31. The molecule has 4 heteroatoms. The van der Waals surface area contributed by atoms with E-state index in [0.717, 1.165) is 27.6 Å². The van der Waals surface area contributed by atoms with Gasteiger partial charge in [0, 0.05) is 9.35 Å². The Morgan fingerprint density at radius 2 is 1.95 bits per heavy atom. The second kappa shape index (κ2) is 8.47. The molecule has 2 rings (SSSR count). The molecule has 1 nitrogen and oxygen atoms in total. The summed E-state index contributed by atoms with van der Waals surface area (Å²) in [7, 11) is 0. The van der Waals surface area contributed by atoms with E-state index in [2.05, 4.69) is 81.4 Å². The molecule has 0 bridgehead atoms. The Morgan fingerprint density at radius 3 is 2.57 bits per heavy atom. The molecule has 0 amide bonds. The van der Waals surface area contributed by atoms with E-state index in [1.54, 1.807) is 11.3 Å². The van der Waals surface area contributed by atoms with Gasteiger partial charge >= 0.3 is 0 Å². The van der Waals surface area contributed by atoms with Crippen molar-refractivity contribution < 1.29 is 0 Å². The van der Waals surface area contributed by atoms with Crippen LogP contribution >= 0.6 is 43.2 Å². The Bertz CT molecular complexity index is 560. The zero-order valence-corrected chi connectivity index (χ0v) is 16.4. The van der Waals surface area contributed by atoms with Crippen molar-refractivity contribution in [3.05, 3.63) is 54.6 Å². The maximum atomic E-state index is 3.68. The van der Waals surface area contributed by atoms with Crippen LogP contribution < -0.4 is 5.32 Å². The summed E-state index contributed by atoms with van der Waals surface area (Å²) in [5.41, 5.74) is 2.78. The summed E-state index contributed by atoms with van der Waals surface area (Å²) >= 11 is 9.00. The minimum Gasteiger partial charge on any atom is -0.306 e. The average Bonchev–Trinajstić information content (AvgIpc) is 2.80. The summed E-state index contributed by atoms with van der Waals surface area (Å²) in [6.45, 7) is 5.46. The second-order valence-electron chi connectivity index (χ2n) is 5.15. The van der Waals surface area contributed by atoms with E-state index in [1.165, 1.54) is 22.4 Å². The third-order valence-corrected chi connectivity index (χ3v) is 6.69. The lowest BCUT2D eigenvalue weighted by atomic mass is 10.0. The minimum absolute atomic E-state index is 0.273. The molecule has 0 aliphatic rings. The van der Waals surface area contributed by atoms with Gasteiger partial charge in [-0.3, -0.25) is 0 Å². The van der Waals surface area contributed by atoms with E-state index in [4.69, 9.17) is 0 Å². The SMILES string of the molecule is CCCNC(c1cccc(CCC)c1)c1cc(Br)c(Br)s1. The minimum atomic E-state index is 0.273. The fourth-order valence-corrected chi connectivity index (χ4v) is 4.59. The fraction of sp³-hybridized carbons (Fsp3) is 0.412. The standard InChI is InChI=1S/C17H21Br2NS/c1-3-6-12-7-5-8-13(10-12)16(20-9-4-2)15-11-14(18)17(19)21-15/h5,7-8,10-11,16,20H,3-4,6,9H2,1-2H3. The number of thiophene rings is 1. The van der Waals surface area contributed by atoms with Crippen LogP contribution in [0.4, 0.5) is 0 Å². The topological polar surface area (TPSA) is 12.0 Å². The molecule has 0 aliphatic heterocycles. The van der Waals surface area contributed by atoms with Gasteiger partial charge < -0.3 is 5.32 Å². The summed E-state index contributed by atoms with van der Waals surface area (Å²) in [5, 5.41) is 3.68. The third kappa shape index (κ3) is 4.65. The highest BCUT2D eigenvalue weighted by Crippen LogP contribution is 2.37. The van der Waals surface area contributed by atoms with Crippen molar-refractivity contribution in [1.29, 1.82) is 0 Å². The van der Waals surface area contributed by atoms with Crippen molar-refractivity contribution >= 4 is 43.2 Å². The van der Waals surface area contributed by atoms with Crippen LogP contribution in [0.15, 0.2) is 38.6 Å². The summed E-state index contributed by atoms with van der Waals surface area (Å²) in [4.78, 5) is 1.34. The number of hydrogen-bond donors (Lipinski definition) is 1. The molecule has 1 aromatic heterocycles. The monoisotopic (exact) mass is 429 g/mol. The molecule has 0 saturated carbocycles. The van der Waals surface area contributed by atoms with Crippen molar-refractivity contribution in [3.8, 4) is 0 Å². The Balaban J connectivity index is 2.32. The lowest BCUT2D eigenvalue weighted by molar-refractivity contribution is 0.605. The molecular weight excluding hydrogens is 410 g/mol. The summed E-state index contributed by atoms with van der Waals surface area (Å²) < 4.78 is 2.29. The molecule has 21 heavy (non-hydrogen) atoms. The zero-order chi connectivity index (χ0) is 15.2. The highest BCUT2D eigenvalue weighted by molar-refractivity contribution is 9.13. The quantitative estimate of drug-likeness (QED) is 0.542. The van der Waals surface area contributed by atoms with Crippen LogP contribution in [0.25, 0.3) is 0 Å². The maximum Gasteiger partial charge on any atom is 0.0843 e. The molecular formula is C17H21Br2NS. The van der Waals surface area contributed by atoms with Gasteiger partial charge in [-0.05, 0) is 68.4 Å². The number of aryl methyl sites for hydroxylation is 1. The normalized spacial score (nSPS) is 12.6. The van der Waals surface area contributed by atoms with Crippen LogP contribution in [0.1, 0.15) is 48.7 Å². The van der Waals surface area contributed by atoms with Crippen LogP contribution in [-0.2, 0) is 6.42 Å². The van der Waals surface area contributed by atoms with Crippen molar-refractivity contribution in [1.82, 2.24) is 5.32 Å². The summed E-state index contributed by atoms with van der Waals surface area (Å²) in [5.74, 6) is 0. The lowest BCUT2D eigenvalue weighted by Crippen LogP contribution is -2.22. The van der Waals surface area contributed by atoms with Gasteiger partial charge in [-0.25, -0.2) is 0 Å². The summed E-state index contributed by atoms with van der Waals surface area (Å²) in [6.07, 6.45) is 3.47. The van der Waals surface area contributed by atoms with Crippen LogP contribution in [0, 0.1) is 0 Å². The van der Waals surface area contributed by atoms with Crippen LogP contribution in [0.5, 0.6) is 0 Å². The lowest BCUT2D eigenvalue weighted by Gasteiger charge is -2.18. The molecule has 2 aromatic rings. The molecule has 0 aliphatic carbocycles. The molecule has 1 aromatic carbocycles. The third-order valence-electron chi connectivity index (χ3n) is 3.37. The van der Waals surface area contributed by atoms with E-state index in [0.29, 0.717) is 0 Å². The van der Waals surface area contributed by atoms with Crippen molar-refractivity contribution in [2.75, 3.05) is 6.54 Å². The van der Waals surface area contributed by atoms with Crippen LogP contribution in [0.3, 0.4) is 0 Å². The number of hydrogen-bond acceptors (Lipinski definition) is 2. The zero-order valence-electron chi connectivity index (χ0n) is 12.5. The molecule has 0 fully saturated rings. The van der Waals surface area contributed by atoms with E-state index < -0.39 is 0 Å². The Morgan fingerprint density at radius 1 is 1.14 bits per heavy atom. The molecule has 0 saturated heterocycles. The first-order chi connectivity index (χ1) is 10.2. The van der Waals surface area contributed by atoms with Crippen molar-refractivity contribution in [2.24, 2.45) is 0 Å². The molecule has 1 unspecified atom stereocenters. The molecule has 0 spiro atoms. The highest BCUT2D eigenvalue weighted by Gasteiger charge is 2.17. The van der Waals surface area contributed by atoms with Gasteiger partial charge in [-0.2, -0.15) is 0 Å². The van der Waals surface area contributed by atoms with Gasteiger partial charge in [0.1, 0.15) is 0 Å². The maximum absolute atomic E-state index is 3.68. The first-order valence-corrected chi connectivity index (χ1v) is 9.82. The van der Waals surface area contributed by atoms with Gasteiger partial charge in [-0.1, -0.05) is 44.5 Å². The largest absolute Gasteiger partial charge is 0.306 e. The smallest absolute Gasteiger partial charge is 0.0843 e. The van der Waals surface area contributed by atoms with Crippen molar-refractivity contribution in [2.45, 2.75) is 39.2 Å². The number of halogens is 2. The highest BCUT2D eigenvalue weighted by atomic mass is 79.9. The second-order valence-corrected chi connectivity index (χ2v) is 8.41. The van der Waals surface area contributed by atoms with Gasteiger partial charge in [-0.15, -0.1) is 11.3 Å². The van der Waals surface area contributed by atoms with E-state index >= 15 is 0 Å². The molecule has 1 heterocycles.